The Bertz CT molecular complexity index is 183. The van der Waals surface area contributed by atoms with Crippen molar-refractivity contribution in [3.8, 4) is 6.07 Å². The van der Waals surface area contributed by atoms with Gasteiger partial charge in [0.05, 0.1) is 6.42 Å². The maximum absolute atomic E-state index is 8.34. The van der Waals surface area contributed by atoms with Gasteiger partial charge in [-0.2, -0.15) is 5.26 Å². The first kappa shape index (κ1) is 7.03. The van der Waals surface area contributed by atoms with Crippen LogP contribution < -0.4 is 0 Å². The molecule has 0 spiro atoms. The van der Waals surface area contributed by atoms with Crippen LogP contribution in [0.4, 0.5) is 0 Å². The first-order valence-corrected chi connectivity index (χ1v) is 3.11. The SMILES string of the molecule is CCO[C@H]1CC(C#N)=NO1. The molecule has 1 aliphatic rings. The molecule has 0 fully saturated rings. The lowest BCUT2D eigenvalue weighted by Crippen LogP contribution is -2.11. The molecule has 1 rings (SSSR count). The zero-order valence-corrected chi connectivity index (χ0v) is 5.70. The van der Waals surface area contributed by atoms with E-state index in [1.807, 2.05) is 13.0 Å². The van der Waals surface area contributed by atoms with E-state index < -0.39 is 0 Å². The highest BCUT2D eigenvalue weighted by Crippen LogP contribution is 2.10. The molecule has 0 unspecified atom stereocenters. The van der Waals surface area contributed by atoms with Crippen molar-refractivity contribution in [1.82, 2.24) is 0 Å². The molecule has 0 amide bonds. The van der Waals surface area contributed by atoms with Crippen molar-refractivity contribution in [1.29, 1.82) is 5.26 Å². The highest BCUT2D eigenvalue weighted by molar-refractivity contribution is 5.98. The average Bonchev–Trinajstić information content (AvgIpc) is 2.37. The normalized spacial score (nSPS) is 23.2. The lowest BCUT2D eigenvalue weighted by molar-refractivity contribution is -0.120. The number of rotatable bonds is 2. The second-order valence-corrected chi connectivity index (χ2v) is 1.84. The first-order chi connectivity index (χ1) is 4.86. The van der Waals surface area contributed by atoms with Crippen LogP contribution in [0.25, 0.3) is 0 Å². The zero-order valence-electron chi connectivity index (χ0n) is 5.70. The smallest absolute Gasteiger partial charge is 0.233 e. The van der Waals surface area contributed by atoms with Crippen LogP contribution in [0, 0.1) is 11.3 Å². The van der Waals surface area contributed by atoms with Gasteiger partial charge in [-0.3, -0.25) is 0 Å². The molecule has 0 N–H and O–H groups in total. The molecule has 0 saturated heterocycles. The average molecular weight is 140 g/mol. The Morgan fingerprint density at radius 1 is 2.00 bits per heavy atom. The van der Waals surface area contributed by atoms with Crippen molar-refractivity contribution >= 4 is 5.71 Å². The maximum Gasteiger partial charge on any atom is 0.233 e. The molecule has 0 aromatic rings. The second-order valence-electron chi connectivity index (χ2n) is 1.84. The number of nitriles is 1. The van der Waals surface area contributed by atoms with Gasteiger partial charge in [-0.25, -0.2) is 0 Å². The topological polar surface area (TPSA) is 54.6 Å². The largest absolute Gasteiger partial charge is 0.362 e. The van der Waals surface area contributed by atoms with Crippen LogP contribution in [0.1, 0.15) is 13.3 Å². The van der Waals surface area contributed by atoms with Gasteiger partial charge in [0.2, 0.25) is 6.29 Å². The quantitative estimate of drug-likeness (QED) is 0.565. The Hall–Kier alpha value is -1.08. The molecule has 0 aliphatic carbocycles. The fourth-order valence-corrected chi connectivity index (χ4v) is 0.696. The van der Waals surface area contributed by atoms with E-state index in [0.29, 0.717) is 18.7 Å². The second kappa shape index (κ2) is 3.18. The van der Waals surface area contributed by atoms with E-state index in [1.165, 1.54) is 0 Å². The number of oxime groups is 1. The van der Waals surface area contributed by atoms with E-state index in [-0.39, 0.29) is 6.29 Å². The van der Waals surface area contributed by atoms with Gasteiger partial charge < -0.3 is 9.57 Å². The summed E-state index contributed by atoms with van der Waals surface area (Å²) in [7, 11) is 0. The Kier molecular flexibility index (Phi) is 2.24. The maximum atomic E-state index is 8.34. The number of hydrogen-bond acceptors (Lipinski definition) is 4. The summed E-state index contributed by atoms with van der Waals surface area (Å²) in [4.78, 5) is 4.74. The molecule has 0 aromatic carbocycles. The summed E-state index contributed by atoms with van der Waals surface area (Å²) in [6.45, 7) is 2.45. The molecule has 1 heterocycles. The van der Waals surface area contributed by atoms with E-state index in [4.69, 9.17) is 14.8 Å². The lowest BCUT2D eigenvalue weighted by Gasteiger charge is -2.05. The van der Waals surface area contributed by atoms with Crippen molar-refractivity contribution in [2.45, 2.75) is 19.6 Å². The summed E-state index contributed by atoms with van der Waals surface area (Å²) in [6, 6.07) is 1.90. The standard InChI is InChI=1S/C6H8N2O2/c1-2-9-6-3-5(4-7)8-10-6/h6H,2-3H2,1H3/t6-/m1/s1. The molecule has 0 saturated carbocycles. The number of hydrogen-bond donors (Lipinski definition) is 0. The van der Waals surface area contributed by atoms with E-state index >= 15 is 0 Å². The van der Waals surface area contributed by atoms with Gasteiger partial charge in [0, 0.05) is 6.61 Å². The van der Waals surface area contributed by atoms with Crippen molar-refractivity contribution in [3.05, 3.63) is 0 Å². The van der Waals surface area contributed by atoms with E-state index in [0.717, 1.165) is 0 Å². The minimum Gasteiger partial charge on any atom is -0.362 e. The summed E-state index contributed by atoms with van der Waals surface area (Å²) in [5.41, 5.74) is 0.401. The molecule has 1 atom stereocenters. The number of nitrogens with zero attached hydrogens (tertiary/aromatic N) is 2. The monoisotopic (exact) mass is 140 g/mol. The highest BCUT2D eigenvalue weighted by Gasteiger charge is 2.19. The summed E-state index contributed by atoms with van der Waals surface area (Å²) in [6.07, 6.45) is 0.143. The molecule has 0 radical (unpaired) electrons. The highest BCUT2D eigenvalue weighted by atomic mass is 16.8. The fraction of sp³-hybridized carbons (Fsp3) is 0.667. The van der Waals surface area contributed by atoms with Crippen molar-refractivity contribution in [2.75, 3.05) is 6.61 Å². The van der Waals surface area contributed by atoms with Crippen molar-refractivity contribution in [2.24, 2.45) is 5.16 Å². The van der Waals surface area contributed by atoms with Gasteiger partial charge in [-0.05, 0) is 6.92 Å². The molecule has 1 aliphatic heterocycles. The van der Waals surface area contributed by atoms with E-state index in [1.54, 1.807) is 0 Å². The third kappa shape index (κ3) is 1.45. The minimum atomic E-state index is -0.334. The molecule has 10 heavy (non-hydrogen) atoms. The fourth-order valence-electron chi connectivity index (χ4n) is 0.696. The summed E-state index contributed by atoms with van der Waals surface area (Å²) < 4.78 is 5.05. The van der Waals surface area contributed by atoms with Gasteiger partial charge in [0.25, 0.3) is 0 Å². The van der Waals surface area contributed by atoms with Crippen LogP contribution in [-0.2, 0) is 9.57 Å². The predicted octanol–water partition coefficient (Wildman–Crippen LogP) is 0.649. The Morgan fingerprint density at radius 2 is 2.80 bits per heavy atom. The summed E-state index contributed by atoms with van der Waals surface area (Å²) in [5, 5.41) is 11.8. The van der Waals surface area contributed by atoms with Crippen molar-refractivity contribution in [3.63, 3.8) is 0 Å². The van der Waals surface area contributed by atoms with Gasteiger partial charge >= 0.3 is 0 Å². The summed E-state index contributed by atoms with van der Waals surface area (Å²) >= 11 is 0. The minimum absolute atomic E-state index is 0.334. The molecule has 54 valence electrons. The van der Waals surface area contributed by atoms with E-state index in [2.05, 4.69) is 5.16 Å². The first-order valence-electron chi connectivity index (χ1n) is 3.11. The van der Waals surface area contributed by atoms with Crippen LogP contribution in [0.5, 0.6) is 0 Å². The molecule has 0 aromatic heterocycles. The molecule has 4 nitrogen and oxygen atoms in total. The van der Waals surface area contributed by atoms with Crippen LogP contribution >= 0.6 is 0 Å². The van der Waals surface area contributed by atoms with Crippen molar-refractivity contribution < 1.29 is 9.57 Å². The van der Waals surface area contributed by atoms with Gasteiger partial charge in [-0.15, -0.1) is 0 Å². The Balaban J connectivity index is 2.31. The zero-order chi connectivity index (χ0) is 7.40. The van der Waals surface area contributed by atoms with Gasteiger partial charge in [0.1, 0.15) is 6.07 Å². The Labute approximate surface area is 59.0 Å². The van der Waals surface area contributed by atoms with Gasteiger partial charge in [-0.1, -0.05) is 5.16 Å². The predicted molar refractivity (Wildman–Crippen MR) is 34.2 cm³/mol. The van der Waals surface area contributed by atoms with Crippen LogP contribution in [0.2, 0.25) is 0 Å². The molecule has 0 bridgehead atoms. The van der Waals surface area contributed by atoms with E-state index in [9.17, 15) is 0 Å². The van der Waals surface area contributed by atoms with Crippen LogP contribution in [-0.4, -0.2) is 18.6 Å². The summed E-state index contributed by atoms with van der Waals surface area (Å²) in [5.74, 6) is 0. The van der Waals surface area contributed by atoms with Crippen LogP contribution in [0.15, 0.2) is 5.16 Å². The van der Waals surface area contributed by atoms with Gasteiger partial charge in [0.15, 0.2) is 5.71 Å². The number of ether oxygens (including phenoxy) is 1. The Morgan fingerprint density at radius 3 is 3.30 bits per heavy atom. The third-order valence-electron chi connectivity index (χ3n) is 1.12. The molecular weight excluding hydrogens is 132 g/mol. The lowest BCUT2D eigenvalue weighted by atomic mass is 10.3. The van der Waals surface area contributed by atoms with Crippen LogP contribution in [0.3, 0.4) is 0 Å². The molecule has 4 heteroatoms. The third-order valence-corrected chi connectivity index (χ3v) is 1.12. The molecular formula is C6H8N2O2.